The standard InChI is InChI=1S/C10H16N2O2S/c13-5-3-1-2-4-8-9-7(6-15-8)11-10(14)12-9/h5,7-9H,1-4,6H2,(H2,11,12,14)/t7-,8-,9-/m1/s1. The summed E-state index contributed by atoms with van der Waals surface area (Å²) in [6.07, 6.45) is 4.79. The van der Waals surface area contributed by atoms with Crippen molar-refractivity contribution in [3.8, 4) is 0 Å². The van der Waals surface area contributed by atoms with Gasteiger partial charge in [-0.25, -0.2) is 4.79 Å². The van der Waals surface area contributed by atoms with Gasteiger partial charge in [-0.1, -0.05) is 6.42 Å². The van der Waals surface area contributed by atoms with Gasteiger partial charge >= 0.3 is 6.03 Å². The van der Waals surface area contributed by atoms with Gasteiger partial charge in [0.05, 0.1) is 12.1 Å². The molecule has 0 unspecified atom stereocenters. The van der Waals surface area contributed by atoms with E-state index in [0.717, 1.165) is 31.3 Å². The molecule has 5 heteroatoms. The van der Waals surface area contributed by atoms with E-state index in [2.05, 4.69) is 10.6 Å². The number of thioether (sulfide) groups is 1. The van der Waals surface area contributed by atoms with E-state index in [1.54, 1.807) is 0 Å². The lowest BCUT2D eigenvalue weighted by molar-refractivity contribution is -0.107. The number of urea groups is 1. The summed E-state index contributed by atoms with van der Waals surface area (Å²) >= 11 is 1.93. The molecule has 0 saturated carbocycles. The normalized spacial score (nSPS) is 33.3. The van der Waals surface area contributed by atoms with Crippen molar-refractivity contribution < 1.29 is 9.59 Å². The quantitative estimate of drug-likeness (QED) is 0.418. The van der Waals surface area contributed by atoms with Crippen LogP contribution >= 0.6 is 11.8 Å². The molecule has 2 rings (SSSR count). The minimum atomic E-state index is -0.0248. The van der Waals surface area contributed by atoms with E-state index in [-0.39, 0.29) is 6.03 Å². The highest BCUT2D eigenvalue weighted by molar-refractivity contribution is 8.00. The van der Waals surface area contributed by atoms with E-state index in [1.807, 2.05) is 11.8 Å². The van der Waals surface area contributed by atoms with Crippen LogP contribution in [0.25, 0.3) is 0 Å². The lowest BCUT2D eigenvalue weighted by Gasteiger charge is -2.15. The van der Waals surface area contributed by atoms with E-state index in [9.17, 15) is 9.59 Å². The first-order valence-electron chi connectivity index (χ1n) is 5.43. The van der Waals surface area contributed by atoms with Crippen LogP contribution < -0.4 is 10.6 Å². The third kappa shape index (κ3) is 2.45. The average molecular weight is 228 g/mol. The van der Waals surface area contributed by atoms with Crippen molar-refractivity contribution in [3.63, 3.8) is 0 Å². The van der Waals surface area contributed by atoms with Crippen molar-refractivity contribution in [2.45, 2.75) is 43.0 Å². The SMILES string of the molecule is O=CCCCC[C@H]1SC[C@H]2NC(=O)N[C@H]21. The molecule has 0 aromatic heterocycles. The molecule has 4 nitrogen and oxygen atoms in total. The summed E-state index contributed by atoms with van der Waals surface area (Å²) in [7, 11) is 0. The Morgan fingerprint density at radius 1 is 1.40 bits per heavy atom. The van der Waals surface area contributed by atoms with Crippen molar-refractivity contribution in [1.29, 1.82) is 0 Å². The molecule has 2 aliphatic rings. The second kappa shape index (κ2) is 4.88. The number of hydrogen-bond acceptors (Lipinski definition) is 3. The Hall–Kier alpha value is -0.710. The Labute approximate surface area is 93.6 Å². The van der Waals surface area contributed by atoms with E-state index >= 15 is 0 Å². The smallest absolute Gasteiger partial charge is 0.315 e. The highest BCUT2D eigenvalue weighted by Crippen LogP contribution is 2.33. The van der Waals surface area contributed by atoms with E-state index in [1.165, 1.54) is 0 Å². The lowest BCUT2D eigenvalue weighted by Crippen LogP contribution is -2.36. The van der Waals surface area contributed by atoms with Gasteiger partial charge < -0.3 is 15.4 Å². The van der Waals surface area contributed by atoms with Crippen molar-refractivity contribution in [3.05, 3.63) is 0 Å². The highest BCUT2D eigenvalue weighted by atomic mass is 32.2. The zero-order valence-corrected chi connectivity index (χ0v) is 9.39. The van der Waals surface area contributed by atoms with Crippen LogP contribution in [0.5, 0.6) is 0 Å². The summed E-state index contributed by atoms with van der Waals surface area (Å²) in [6.45, 7) is 0. The van der Waals surface area contributed by atoms with Gasteiger partial charge in [-0.3, -0.25) is 0 Å². The van der Waals surface area contributed by atoms with E-state index < -0.39 is 0 Å². The van der Waals surface area contributed by atoms with Crippen molar-refractivity contribution in [2.24, 2.45) is 0 Å². The Kier molecular flexibility index (Phi) is 3.51. The highest BCUT2D eigenvalue weighted by Gasteiger charge is 2.42. The number of carbonyl (C=O) groups excluding carboxylic acids is 2. The van der Waals surface area contributed by atoms with Gasteiger partial charge in [-0.2, -0.15) is 11.8 Å². The zero-order chi connectivity index (χ0) is 10.7. The Morgan fingerprint density at radius 2 is 2.27 bits per heavy atom. The molecular weight excluding hydrogens is 212 g/mol. The summed E-state index contributed by atoms with van der Waals surface area (Å²) in [6, 6.07) is 0.598. The van der Waals surface area contributed by atoms with Crippen LogP contribution in [0.2, 0.25) is 0 Å². The van der Waals surface area contributed by atoms with Crippen LogP contribution in [0.3, 0.4) is 0 Å². The maximum absolute atomic E-state index is 11.1. The number of unbranched alkanes of at least 4 members (excludes halogenated alkanes) is 2. The Bertz CT molecular complexity index is 260. The molecular formula is C10H16N2O2S. The van der Waals surface area contributed by atoms with Crippen molar-refractivity contribution in [1.82, 2.24) is 10.6 Å². The minimum Gasteiger partial charge on any atom is -0.332 e. The summed E-state index contributed by atoms with van der Waals surface area (Å²) in [5, 5.41) is 6.42. The van der Waals surface area contributed by atoms with Gasteiger partial charge in [-0.15, -0.1) is 0 Å². The van der Waals surface area contributed by atoms with Gasteiger partial charge in [0.25, 0.3) is 0 Å². The molecule has 2 N–H and O–H groups in total. The molecule has 2 heterocycles. The lowest BCUT2D eigenvalue weighted by atomic mass is 10.0. The summed E-state index contributed by atoms with van der Waals surface area (Å²) in [4.78, 5) is 21.3. The number of nitrogens with one attached hydrogen (secondary N) is 2. The predicted molar refractivity (Wildman–Crippen MR) is 60.0 cm³/mol. The number of amides is 2. The zero-order valence-electron chi connectivity index (χ0n) is 8.57. The minimum absolute atomic E-state index is 0.0248. The molecule has 3 atom stereocenters. The predicted octanol–water partition coefficient (Wildman–Crippen LogP) is 0.911. The van der Waals surface area contributed by atoms with Crippen LogP contribution in [0, 0.1) is 0 Å². The molecule has 84 valence electrons. The van der Waals surface area contributed by atoms with Crippen LogP contribution in [-0.2, 0) is 4.79 Å². The molecule has 2 fully saturated rings. The van der Waals surface area contributed by atoms with Gasteiger partial charge in [0.15, 0.2) is 0 Å². The third-order valence-corrected chi connectivity index (χ3v) is 4.51. The van der Waals surface area contributed by atoms with E-state index in [4.69, 9.17) is 0 Å². The molecule has 15 heavy (non-hydrogen) atoms. The van der Waals surface area contributed by atoms with Crippen LogP contribution in [-0.4, -0.2) is 35.4 Å². The average Bonchev–Trinajstić information content (AvgIpc) is 2.73. The Balaban J connectivity index is 1.74. The van der Waals surface area contributed by atoms with Crippen LogP contribution in [0.1, 0.15) is 25.7 Å². The molecule has 0 aromatic rings. The molecule has 2 amide bonds. The molecule has 0 bridgehead atoms. The number of rotatable bonds is 5. The molecule has 2 aliphatic heterocycles. The summed E-state index contributed by atoms with van der Waals surface area (Å²) in [5.74, 6) is 1.02. The second-order valence-corrected chi connectivity index (χ2v) is 5.35. The number of hydrogen-bond donors (Lipinski definition) is 2. The van der Waals surface area contributed by atoms with Gasteiger partial charge in [0.1, 0.15) is 6.29 Å². The number of fused-ring (bicyclic) bond motifs is 1. The molecule has 0 aromatic carbocycles. The first kappa shape index (κ1) is 10.8. The molecule has 0 spiro atoms. The van der Waals surface area contributed by atoms with Gasteiger partial charge in [0.2, 0.25) is 0 Å². The van der Waals surface area contributed by atoms with Crippen LogP contribution in [0.15, 0.2) is 0 Å². The fourth-order valence-corrected chi connectivity index (χ4v) is 3.76. The fourth-order valence-electron chi connectivity index (χ4n) is 2.22. The van der Waals surface area contributed by atoms with Gasteiger partial charge in [-0.05, 0) is 12.8 Å². The first-order chi connectivity index (χ1) is 7.31. The topological polar surface area (TPSA) is 58.2 Å². The fraction of sp³-hybridized carbons (Fsp3) is 0.800. The monoisotopic (exact) mass is 228 g/mol. The summed E-state index contributed by atoms with van der Waals surface area (Å²) in [5.41, 5.74) is 0. The van der Waals surface area contributed by atoms with Crippen molar-refractivity contribution >= 4 is 24.1 Å². The largest absolute Gasteiger partial charge is 0.332 e. The van der Waals surface area contributed by atoms with Gasteiger partial charge in [0, 0.05) is 17.4 Å². The molecule has 2 saturated heterocycles. The molecule has 0 radical (unpaired) electrons. The van der Waals surface area contributed by atoms with Crippen molar-refractivity contribution in [2.75, 3.05) is 5.75 Å². The third-order valence-electron chi connectivity index (χ3n) is 3.00. The van der Waals surface area contributed by atoms with E-state index in [0.29, 0.717) is 23.8 Å². The maximum Gasteiger partial charge on any atom is 0.315 e. The number of aldehydes is 1. The first-order valence-corrected chi connectivity index (χ1v) is 6.48. The molecule has 0 aliphatic carbocycles. The number of carbonyl (C=O) groups is 2. The maximum atomic E-state index is 11.1. The second-order valence-electron chi connectivity index (χ2n) is 4.07. The Morgan fingerprint density at radius 3 is 3.07 bits per heavy atom. The van der Waals surface area contributed by atoms with Crippen LogP contribution in [0.4, 0.5) is 4.79 Å². The summed E-state index contributed by atoms with van der Waals surface area (Å²) < 4.78 is 0.